The van der Waals surface area contributed by atoms with E-state index in [9.17, 15) is 14.0 Å². The van der Waals surface area contributed by atoms with Crippen LogP contribution in [-0.4, -0.2) is 49.4 Å². The second-order valence-corrected chi connectivity index (χ2v) is 6.95. The highest BCUT2D eigenvalue weighted by molar-refractivity contribution is 6.06. The fourth-order valence-electron chi connectivity index (χ4n) is 3.73. The van der Waals surface area contributed by atoms with E-state index in [-0.39, 0.29) is 29.9 Å². The van der Waals surface area contributed by atoms with Crippen LogP contribution in [0.25, 0.3) is 0 Å². The number of rotatable bonds is 2. The average Bonchev–Trinajstić information content (AvgIpc) is 3.26. The first-order valence-electron chi connectivity index (χ1n) is 7.96. The zero-order valence-electron chi connectivity index (χ0n) is 13.0. The van der Waals surface area contributed by atoms with Crippen molar-refractivity contribution >= 4 is 11.7 Å². The van der Waals surface area contributed by atoms with Gasteiger partial charge in [0, 0.05) is 19.1 Å². The van der Waals surface area contributed by atoms with Gasteiger partial charge in [-0.15, -0.1) is 0 Å². The molecule has 122 valence electrons. The van der Waals surface area contributed by atoms with Crippen LogP contribution in [-0.2, 0) is 4.79 Å². The summed E-state index contributed by atoms with van der Waals surface area (Å²) in [6.07, 6.45) is 2.00. The SMILES string of the molecule is CN1C[C@@H](C(=O)NC2CC2)[C@@]2(COc3ccc(F)cc3C2=O)C1. The number of likely N-dealkylation sites (tertiary alicyclic amines) is 1. The van der Waals surface area contributed by atoms with Crippen molar-refractivity contribution < 1.29 is 18.7 Å². The molecular formula is C17H19FN2O3. The van der Waals surface area contributed by atoms with Crippen LogP contribution >= 0.6 is 0 Å². The van der Waals surface area contributed by atoms with E-state index >= 15 is 0 Å². The Balaban J connectivity index is 1.70. The number of carbonyl (C=O) groups is 2. The first kappa shape index (κ1) is 14.6. The molecule has 1 aromatic carbocycles. The molecule has 0 radical (unpaired) electrons. The van der Waals surface area contributed by atoms with Crippen LogP contribution in [0, 0.1) is 17.2 Å². The lowest BCUT2D eigenvalue weighted by Gasteiger charge is -2.36. The molecule has 0 bridgehead atoms. The monoisotopic (exact) mass is 318 g/mol. The first-order valence-corrected chi connectivity index (χ1v) is 7.96. The Morgan fingerprint density at radius 2 is 2.22 bits per heavy atom. The third-order valence-electron chi connectivity index (χ3n) is 5.08. The summed E-state index contributed by atoms with van der Waals surface area (Å²) in [6, 6.07) is 4.22. The van der Waals surface area contributed by atoms with Gasteiger partial charge in [0.2, 0.25) is 5.91 Å². The van der Waals surface area contributed by atoms with Crippen molar-refractivity contribution in [2.24, 2.45) is 11.3 Å². The molecule has 0 aromatic heterocycles. The number of hydrogen-bond acceptors (Lipinski definition) is 4. The Hall–Kier alpha value is -1.95. The second kappa shape index (κ2) is 5.03. The highest BCUT2D eigenvalue weighted by Gasteiger charge is 2.57. The Labute approximate surface area is 133 Å². The summed E-state index contributed by atoms with van der Waals surface area (Å²) in [5.41, 5.74) is -0.676. The van der Waals surface area contributed by atoms with Crippen molar-refractivity contribution in [2.75, 3.05) is 26.7 Å². The molecule has 2 atom stereocenters. The van der Waals surface area contributed by atoms with Gasteiger partial charge in [-0.1, -0.05) is 0 Å². The molecule has 1 spiro atoms. The topological polar surface area (TPSA) is 58.6 Å². The number of hydrogen-bond donors (Lipinski definition) is 1. The molecule has 2 aliphatic heterocycles. The van der Waals surface area contributed by atoms with Crippen LogP contribution in [0.2, 0.25) is 0 Å². The maximum Gasteiger partial charge on any atom is 0.225 e. The summed E-state index contributed by atoms with van der Waals surface area (Å²) in [6.45, 7) is 1.13. The minimum atomic E-state index is -0.922. The van der Waals surface area contributed by atoms with E-state index in [1.165, 1.54) is 18.2 Å². The lowest BCUT2D eigenvalue weighted by molar-refractivity contribution is -0.127. The van der Waals surface area contributed by atoms with Crippen LogP contribution in [0.4, 0.5) is 4.39 Å². The van der Waals surface area contributed by atoms with Crippen molar-refractivity contribution in [2.45, 2.75) is 18.9 Å². The molecule has 2 fully saturated rings. The number of benzene rings is 1. The third-order valence-corrected chi connectivity index (χ3v) is 5.08. The van der Waals surface area contributed by atoms with Crippen molar-refractivity contribution in [1.29, 1.82) is 0 Å². The highest BCUT2D eigenvalue weighted by atomic mass is 19.1. The number of nitrogens with one attached hydrogen (secondary N) is 1. The number of carbonyl (C=O) groups excluding carboxylic acids is 2. The number of Topliss-reactive ketones (excluding diaryl/α,β-unsaturated/α-hetero) is 1. The normalized spacial score (nSPS) is 30.2. The maximum absolute atomic E-state index is 13.6. The van der Waals surface area contributed by atoms with Gasteiger partial charge in [-0.25, -0.2) is 4.39 Å². The predicted octanol–water partition coefficient (Wildman–Crippen LogP) is 1.23. The van der Waals surface area contributed by atoms with Gasteiger partial charge >= 0.3 is 0 Å². The van der Waals surface area contributed by atoms with Crippen molar-refractivity contribution in [3.63, 3.8) is 0 Å². The molecule has 1 saturated heterocycles. The Bertz CT molecular complexity index is 688. The predicted molar refractivity (Wildman–Crippen MR) is 80.8 cm³/mol. The van der Waals surface area contributed by atoms with Gasteiger partial charge in [-0.3, -0.25) is 9.59 Å². The van der Waals surface area contributed by atoms with Crippen molar-refractivity contribution in [3.8, 4) is 5.75 Å². The smallest absolute Gasteiger partial charge is 0.225 e. The lowest BCUT2D eigenvalue weighted by Crippen LogP contribution is -2.52. The number of ether oxygens (including phenoxy) is 1. The summed E-state index contributed by atoms with van der Waals surface area (Å²) in [4.78, 5) is 27.7. The minimum absolute atomic E-state index is 0.0892. The van der Waals surface area contributed by atoms with E-state index in [4.69, 9.17) is 4.74 Å². The fraction of sp³-hybridized carbons (Fsp3) is 0.529. The van der Waals surface area contributed by atoms with Crippen molar-refractivity contribution in [3.05, 3.63) is 29.6 Å². The van der Waals surface area contributed by atoms with Crippen LogP contribution < -0.4 is 10.1 Å². The number of fused-ring (bicyclic) bond motifs is 1. The largest absolute Gasteiger partial charge is 0.492 e. The summed E-state index contributed by atoms with van der Waals surface area (Å²) in [5.74, 6) is -0.801. The standard InChI is InChI=1S/C17H19FN2O3/c1-20-7-13(16(22)19-11-3-4-11)17(8-20)9-23-14-5-2-10(18)6-12(14)15(17)21/h2,5-6,11,13H,3-4,7-9H2,1H3,(H,19,22)/t13-,17-/m0/s1. The average molecular weight is 318 g/mol. The Kier molecular flexibility index (Phi) is 3.20. The number of ketones is 1. The molecule has 3 aliphatic rings. The molecule has 1 saturated carbocycles. The fourth-order valence-corrected chi connectivity index (χ4v) is 3.73. The van der Waals surface area contributed by atoms with E-state index in [2.05, 4.69) is 5.32 Å². The van der Waals surface area contributed by atoms with Crippen LogP contribution in [0.15, 0.2) is 18.2 Å². The molecular weight excluding hydrogens is 299 g/mol. The van der Waals surface area contributed by atoms with Crippen LogP contribution in [0.1, 0.15) is 23.2 Å². The van der Waals surface area contributed by atoms with Gasteiger partial charge < -0.3 is 15.0 Å². The molecule has 0 unspecified atom stereocenters. The van der Waals surface area contributed by atoms with Crippen molar-refractivity contribution in [1.82, 2.24) is 10.2 Å². The molecule has 5 nitrogen and oxygen atoms in total. The molecule has 2 heterocycles. The van der Waals surface area contributed by atoms with Gasteiger partial charge in [-0.05, 0) is 38.1 Å². The number of halogens is 1. The molecule has 4 rings (SSSR count). The first-order chi connectivity index (χ1) is 11.0. The summed E-state index contributed by atoms with van der Waals surface area (Å²) < 4.78 is 19.3. The van der Waals surface area contributed by atoms with Crippen LogP contribution in [0.5, 0.6) is 5.75 Å². The van der Waals surface area contributed by atoms with Gasteiger partial charge in [0.25, 0.3) is 0 Å². The third kappa shape index (κ3) is 2.32. The van der Waals surface area contributed by atoms with Gasteiger partial charge in [0.15, 0.2) is 5.78 Å². The molecule has 1 aromatic rings. The van der Waals surface area contributed by atoms with E-state index in [0.717, 1.165) is 12.8 Å². The maximum atomic E-state index is 13.6. The van der Waals surface area contributed by atoms with Gasteiger partial charge in [-0.2, -0.15) is 0 Å². The van der Waals surface area contributed by atoms with E-state index in [1.54, 1.807) is 0 Å². The number of nitrogens with zero attached hydrogens (tertiary/aromatic N) is 1. The van der Waals surface area contributed by atoms with E-state index < -0.39 is 17.2 Å². The molecule has 1 N–H and O–H groups in total. The molecule has 23 heavy (non-hydrogen) atoms. The molecule has 6 heteroatoms. The number of amides is 1. The zero-order chi connectivity index (χ0) is 16.2. The van der Waals surface area contributed by atoms with E-state index in [0.29, 0.717) is 18.8 Å². The summed E-state index contributed by atoms with van der Waals surface area (Å²) in [5, 5.41) is 3.00. The van der Waals surface area contributed by atoms with Gasteiger partial charge in [0.05, 0.1) is 16.9 Å². The summed E-state index contributed by atoms with van der Waals surface area (Å²) >= 11 is 0. The quantitative estimate of drug-likeness (QED) is 0.891. The molecule has 1 amide bonds. The highest BCUT2D eigenvalue weighted by Crippen LogP contribution is 2.44. The minimum Gasteiger partial charge on any atom is -0.492 e. The van der Waals surface area contributed by atoms with Gasteiger partial charge in [0.1, 0.15) is 18.2 Å². The molecule has 1 aliphatic carbocycles. The second-order valence-electron chi connectivity index (χ2n) is 6.95. The zero-order valence-corrected chi connectivity index (χ0v) is 13.0. The van der Waals surface area contributed by atoms with E-state index in [1.807, 2.05) is 11.9 Å². The Morgan fingerprint density at radius 1 is 1.43 bits per heavy atom. The Morgan fingerprint density at radius 3 is 2.96 bits per heavy atom. The lowest BCUT2D eigenvalue weighted by atomic mass is 9.71. The van der Waals surface area contributed by atoms with Crippen LogP contribution in [0.3, 0.4) is 0 Å². The summed E-state index contributed by atoms with van der Waals surface area (Å²) in [7, 11) is 1.89.